The Labute approximate surface area is 147 Å². The number of nitrogens with zero attached hydrogens (tertiary/aromatic N) is 5. The average Bonchev–Trinajstić information content (AvgIpc) is 3.17. The van der Waals surface area contributed by atoms with Gasteiger partial charge in [0.1, 0.15) is 5.69 Å². The van der Waals surface area contributed by atoms with Crippen LogP contribution in [0.15, 0.2) is 34.7 Å². The van der Waals surface area contributed by atoms with Crippen LogP contribution in [-0.4, -0.2) is 25.0 Å². The number of rotatable bonds is 3. The van der Waals surface area contributed by atoms with Crippen LogP contribution in [0.4, 0.5) is 11.6 Å². The Kier molecular flexibility index (Phi) is 3.54. The minimum Gasteiger partial charge on any atom is -0.443 e. The minimum atomic E-state index is 0.104. The number of hydrogen-bond donors (Lipinski definition) is 2. The second kappa shape index (κ2) is 5.75. The third-order valence-corrected chi connectivity index (χ3v) is 4.06. The van der Waals surface area contributed by atoms with Crippen molar-refractivity contribution in [3.05, 3.63) is 46.7 Å². The van der Waals surface area contributed by atoms with E-state index in [1.165, 1.54) is 0 Å². The summed E-state index contributed by atoms with van der Waals surface area (Å²) in [7, 11) is 0. The van der Waals surface area contributed by atoms with E-state index in [2.05, 4.69) is 20.3 Å². The molecule has 4 N–H and O–H groups in total. The molecule has 0 bridgehead atoms. The number of nitrogens with two attached hydrogens (primary N) is 2. The largest absolute Gasteiger partial charge is 0.443 e. The van der Waals surface area contributed by atoms with Crippen LogP contribution in [0.2, 0.25) is 5.22 Å². The van der Waals surface area contributed by atoms with Crippen LogP contribution in [0.5, 0.6) is 0 Å². The molecule has 126 valence electrons. The first-order chi connectivity index (χ1) is 12.0. The van der Waals surface area contributed by atoms with Crippen LogP contribution in [-0.2, 0) is 6.54 Å². The van der Waals surface area contributed by atoms with E-state index in [-0.39, 0.29) is 11.2 Å². The fourth-order valence-corrected chi connectivity index (χ4v) is 2.75. The van der Waals surface area contributed by atoms with Crippen molar-refractivity contribution in [2.24, 2.45) is 0 Å². The number of fused-ring (bicyclic) bond motifs is 1. The van der Waals surface area contributed by atoms with Crippen molar-refractivity contribution < 1.29 is 4.42 Å². The molecule has 8 nitrogen and oxygen atoms in total. The van der Waals surface area contributed by atoms with E-state index in [0.29, 0.717) is 29.2 Å². The summed E-state index contributed by atoms with van der Waals surface area (Å²) in [5.41, 5.74) is 16.0. The zero-order valence-corrected chi connectivity index (χ0v) is 14.0. The van der Waals surface area contributed by atoms with E-state index < -0.39 is 0 Å². The number of nitrogen functional groups attached to an aromatic ring is 2. The molecule has 25 heavy (non-hydrogen) atoms. The van der Waals surface area contributed by atoms with Crippen molar-refractivity contribution >= 4 is 34.4 Å². The lowest BCUT2D eigenvalue weighted by Crippen LogP contribution is -2.05. The second-order valence-corrected chi connectivity index (χ2v) is 6.02. The summed E-state index contributed by atoms with van der Waals surface area (Å²) in [6.45, 7) is 2.43. The SMILES string of the molecule is Cc1cc(Cn2nnc3c(-c4ccc(Cl)o4)nc(N)nc32)ccc1N. The van der Waals surface area contributed by atoms with Gasteiger partial charge in [-0.05, 0) is 47.9 Å². The average molecular weight is 356 g/mol. The van der Waals surface area contributed by atoms with E-state index in [1.807, 2.05) is 25.1 Å². The Morgan fingerprint density at radius 1 is 1.16 bits per heavy atom. The van der Waals surface area contributed by atoms with Crippen LogP contribution in [0, 0.1) is 6.92 Å². The highest BCUT2D eigenvalue weighted by Gasteiger charge is 2.18. The molecular formula is C16H14ClN7O. The number of aryl methyl sites for hydroxylation is 1. The van der Waals surface area contributed by atoms with E-state index in [4.69, 9.17) is 27.5 Å². The molecule has 0 fully saturated rings. The van der Waals surface area contributed by atoms with Gasteiger partial charge in [-0.3, -0.25) is 0 Å². The molecule has 0 aliphatic rings. The van der Waals surface area contributed by atoms with Crippen molar-refractivity contribution in [3.63, 3.8) is 0 Å². The second-order valence-electron chi connectivity index (χ2n) is 5.64. The normalized spacial score (nSPS) is 11.3. The third kappa shape index (κ3) is 2.76. The van der Waals surface area contributed by atoms with Crippen molar-refractivity contribution in [2.75, 3.05) is 11.5 Å². The first-order valence-electron chi connectivity index (χ1n) is 7.48. The van der Waals surface area contributed by atoms with E-state index in [0.717, 1.165) is 16.8 Å². The lowest BCUT2D eigenvalue weighted by Gasteiger charge is -2.06. The molecule has 0 saturated carbocycles. The number of halogens is 1. The van der Waals surface area contributed by atoms with Crippen molar-refractivity contribution in [3.8, 4) is 11.5 Å². The van der Waals surface area contributed by atoms with Crippen LogP contribution in [0.3, 0.4) is 0 Å². The maximum atomic E-state index is 5.87. The first kappa shape index (κ1) is 15.4. The maximum Gasteiger partial charge on any atom is 0.222 e. The van der Waals surface area contributed by atoms with Gasteiger partial charge in [-0.2, -0.15) is 4.98 Å². The molecule has 4 aromatic rings. The van der Waals surface area contributed by atoms with E-state index in [9.17, 15) is 0 Å². The van der Waals surface area contributed by atoms with Crippen LogP contribution in [0.1, 0.15) is 11.1 Å². The molecule has 3 heterocycles. The number of furan rings is 1. The molecule has 9 heteroatoms. The molecule has 0 radical (unpaired) electrons. The standard InChI is InChI=1S/C16H14ClN7O/c1-8-6-9(2-3-10(8)18)7-24-15-14(22-23-24)13(20-16(19)21-15)11-4-5-12(17)25-11/h2-6H,7,18H2,1H3,(H2,19,20,21). The van der Waals surface area contributed by atoms with Crippen LogP contribution in [0.25, 0.3) is 22.6 Å². The molecule has 0 amide bonds. The summed E-state index contributed by atoms with van der Waals surface area (Å²) in [5, 5.41) is 8.62. The number of anilines is 2. The summed E-state index contributed by atoms with van der Waals surface area (Å²) in [6.07, 6.45) is 0. The number of aromatic nitrogens is 5. The zero-order valence-electron chi connectivity index (χ0n) is 13.3. The highest BCUT2D eigenvalue weighted by Crippen LogP contribution is 2.28. The fraction of sp³-hybridized carbons (Fsp3) is 0.125. The molecule has 0 aliphatic carbocycles. The van der Waals surface area contributed by atoms with Gasteiger partial charge >= 0.3 is 0 Å². The van der Waals surface area contributed by atoms with Gasteiger partial charge in [0.2, 0.25) is 5.95 Å². The third-order valence-electron chi connectivity index (χ3n) is 3.85. The summed E-state index contributed by atoms with van der Waals surface area (Å²) >= 11 is 5.85. The Bertz CT molecular complexity index is 1090. The van der Waals surface area contributed by atoms with Gasteiger partial charge in [0.15, 0.2) is 22.1 Å². The first-order valence-corrected chi connectivity index (χ1v) is 7.86. The highest BCUT2D eigenvalue weighted by atomic mass is 35.5. The van der Waals surface area contributed by atoms with Gasteiger partial charge in [-0.1, -0.05) is 17.3 Å². The van der Waals surface area contributed by atoms with Crippen LogP contribution < -0.4 is 11.5 Å². The quantitative estimate of drug-likeness (QED) is 0.541. The van der Waals surface area contributed by atoms with Crippen molar-refractivity contribution in [2.45, 2.75) is 13.5 Å². The monoisotopic (exact) mass is 355 g/mol. The molecule has 0 unspecified atom stereocenters. The lowest BCUT2D eigenvalue weighted by atomic mass is 10.1. The predicted molar refractivity (Wildman–Crippen MR) is 94.9 cm³/mol. The van der Waals surface area contributed by atoms with E-state index >= 15 is 0 Å². The zero-order chi connectivity index (χ0) is 17.6. The predicted octanol–water partition coefficient (Wildman–Crippen LogP) is 2.66. The molecular weight excluding hydrogens is 342 g/mol. The Morgan fingerprint density at radius 2 is 2.00 bits per heavy atom. The summed E-state index contributed by atoms with van der Waals surface area (Å²) in [5.74, 6) is 0.562. The smallest absolute Gasteiger partial charge is 0.222 e. The molecule has 0 saturated heterocycles. The van der Waals surface area contributed by atoms with Gasteiger partial charge in [-0.15, -0.1) is 5.10 Å². The molecule has 1 aromatic carbocycles. The van der Waals surface area contributed by atoms with Gasteiger partial charge in [0.05, 0.1) is 6.54 Å². The Hall–Kier alpha value is -3.13. The summed E-state index contributed by atoms with van der Waals surface area (Å²) in [4.78, 5) is 8.48. The van der Waals surface area contributed by atoms with Gasteiger partial charge in [0.25, 0.3) is 0 Å². The summed E-state index contributed by atoms with van der Waals surface area (Å²) in [6, 6.07) is 9.13. The van der Waals surface area contributed by atoms with Crippen molar-refractivity contribution in [1.29, 1.82) is 0 Å². The topological polar surface area (TPSA) is 122 Å². The molecule has 0 atom stereocenters. The Balaban J connectivity index is 1.81. The van der Waals surface area contributed by atoms with Crippen LogP contribution >= 0.6 is 11.6 Å². The molecule has 3 aromatic heterocycles. The Morgan fingerprint density at radius 3 is 2.72 bits per heavy atom. The molecule has 0 spiro atoms. The molecule has 0 aliphatic heterocycles. The molecule has 4 rings (SSSR count). The minimum absolute atomic E-state index is 0.104. The van der Waals surface area contributed by atoms with Gasteiger partial charge in [-0.25, -0.2) is 9.67 Å². The fourth-order valence-electron chi connectivity index (χ4n) is 2.60. The highest BCUT2D eigenvalue weighted by molar-refractivity contribution is 6.29. The lowest BCUT2D eigenvalue weighted by molar-refractivity contribution is 0.582. The summed E-state index contributed by atoms with van der Waals surface area (Å²) < 4.78 is 7.08. The maximum absolute atomic E-state index is 5.87. The number of benzene rings is 1. The van der Waals surface area contributed by atoms with Gasteiger partial charge < -0.3 is 15.9 Å². The number of hydrogen-bond acceptors (Lipinski definition) is 7. The van der Waals surface area contributed by atoms with Crippen molar-refractivity contribution in [1.82, 2.24) is 25.0 Å². The van der Waals surface area contributed by atoms with Gasteiger partial charge in [0, 0.05) is 5.69 Å². The van der Waals surface area contributed by atoms with E-state index in [1.54, 1.807) is 16.8 Å².